The molecule has 4 aliphatic heterocycles. The molecule has 1 N–H and O–H groups in total. The Kier molecular flexibility index (Phi) is 5.50. The highest BCUT2D eigenvalue weighted by molar-refractivity contribution is 6.06. The summed E-state index contributed by atoms with van der Waals surface area (Å²) >= 11 is 0. The number of imide groups is 1. The molecule has 3 saturated heterocycles. The van der Waals surface area contributed by atoms with Crippen molar-refractivity contribution in [3.63, 3.8) is 0 Å². The van der Waals surface area contributed by atoms with Crippen LogP contribution in [0.1, 0.15) is 52.0 Å². The van der Waals surface area contributed by atoms with Crippen LogP contribution in [0.15, 0.2) is 36.4 Å². The zero-order chi connectivity index (χ0) is 25.9. The van der Waals surface area contributed by atoms with Crippen molar-refractivity contribution in [3.05, 3.63) is 64.7 Å². The van der Waals surface area contributed by atoms with E-state index in [0.29, 0.717) is 31.6 Å². The fourth-order valence-electron chi connectivity index (χ4n) is 6.16. The summed E-state index contributed by atoms with van der Waals surface area (Å²) in [6, 6.07) is 8.37. The van der Waals surface area contributed by atoms with Crippen LogP contribution in [0.3, 0.4) is 0 Å². The highest BCUT2D eigenvalue weighted by Crippen LogP contribution is 2.45. The fourth-order valence-corrected chi connectivity index (χ4v) is 6.16. The predicted molar refractivity (Wildman–Crippen MR) is 129 cm³/mol. The molecule has 2 aromatic rings. The molecule has 10 heteroatoms. The number of anilines is 1. The summed E-state index contributed by atoms with van der Waals surface area (Å²) < 4.78 is 28.2. The lowest BCUT2D eigenvalue weighted by Gasteiger charge is -2.55. The van der Waals surface area contributed by atoms with Gasteiger partial charge in [0.1, 0.15) is 23.2 Å². The van der Waals surface area contributed by atoms with Gasteiger partial charge in [0.2, 0.25) is 11.8 Å². The van der Waals surface area contributed by atoms with Crippen LogP contribution in [0.5, 0.6) is 0 Å². The van der Waals surface area contributed by atoms with E-state index in [1.807, 2.05) is 12.1 Å². The van der Waals surface area contributed by atoms with Gasteiger partial charge in [-0.2, -0.15) is 0 Å². The van der Waals surface area contributed by atoms with E-state index >= 15 is 0 Å². The van der Waals surface area contributed by atoms with Gasteiger partial charge in [-0.25, -0.2) is 8.78 Å². The van der Waals surface area contributed by atoms with E-state index in [2.05, 4.69) is 10.2 Å². The molecule has 192 valence electrons. The molecule has 8 nitrogen and oxygen atoms in total. The first kappa shape index (κ1) is 23.6. The number of benzene rings is 2. The van der Waals surface area contributed by atoms with Gasteiger partial charge in [0.15, 0.2) is 0 Å². The van der Waals surface area contributed by atoms with Crippen molar-refractivity contribution in [2.24, 2.45) is 5.41 Å². The maximum absolute atomic E-state index is 14.1. The Labute approximate surface area is 212 Å². The zero-order valence-corrected chi connectivity index (χ0v) is 20.1. The molecular weight excluding hydrogens is 482 g/mol. The second-order valence-corrected chi connectivity index (χ2v) is 10.4. The lowest BCUT2D eigenvalue weighted by atomic mass is 9.71. The van der Waals surface area contributed by atoms with Crippen LogP contribution in [0, 0.1) is 17.0 Å². The van der Waals surface area contributed by atoms with Crippen LogP contribution in [0.25, 0.3) is 0 Å². The standard InChI is InChI=1S/C27H26F2N4O4/c28-18-4-2-5-19(29)23(18)26(37)31-11-9-27(10-12-31)14-32(15-27)20-6-1-3-16-17(20)13-33(25(16)36)21-7-8-22(34)30-24(21)35/h1-6,21H,7-15H2,(H,30,34,35). The average molecular weight is 509 g/mol. The summed E-state index contributed by atoms with van der Waals surface area (Å²) in [4.78, 5) is 55.1. The topological polar surface area (TPSA) is 90.0 Å². The number of carbonyl (C=O) groups excluding carboxylic acids is 4. The number of hydrogen-bond acceptors (Lipinski definition) is 5. The highest BCUT2D eigenvalue weighted by atomic mass is 19.1. The van der Waals surface area contributed by atoms with Gasteiger partial charge in [0.05, 0.1) is 0 Å². The van der Waals surface area contributed by atoms with Crippen molar-refractivity contribution in [2.45, 2.75) is 38.3 Å². The summed E-state index contributed by atoms with van der Waals surface area (Å²) in [6.45, 7) is 2.68. The van der Waals surface area contributed by atoms with E-state index in [0.717, 1.165) is 49.3 Å². The first-order valence-electron chi connectivity index (χ1n) is 12.5. The molecule has 0 aromatic heterocycles. The second kappa shape index (κ2) is 8.64. The summed E-state index contributed by atoms with van der Waals surface area (Å²) in [6.07, 6.45) is 1.98. The Morgan fingerprint density at radius 3 is 2.32 bits per heavy atom. The van der Waals surface area contributed by atoms with E-state index < -0.39 is 35.1 Å². The minimum Gasteiger partial charge on any atom is -0.370 e. The normalized spacial score (nSPS) is 22.7. The molecule has 4 amide bonds. The monoisotopic (exact) mass is 508 g/mol. The minimum atomic E-state index is -0.848. The quantitative estimate of drug-likeness (QED) is 0.644. The number of amides is 4. The largest absolute Gasteiger partial charge is 0.370 e. The number of carbonyl (C=O) groups is 4. The van der Waals surface area contributed by atoms with E-state index in [4.69, 9.17) is 0 Å². The number of fused-ring (bicyclic) bond motifs is 1. The summed E-state index contributed by atoms with van der Waals surface area (Å²) in [5.41, 5.74) is 1.92. The van der Waals surface area contributed by atoms with Crippen LogP contribution in [0.2, 0.25) is 0 Å². The minimum absolute atomic E-state index is 0.000794. The Morgan fingerprint density at radius 1 is 0.973 bits per heavy atom. The number of likely N-dealkylation sites (tertiary alicyclic amines) is 1. The average Bonchev–Trinajstić information content (AvgIpc) is 3.19. The molecule has 4 aliphatic rings. The molecule has 1 unspecified atom stereocenters. The van der Waals surface area contributed by atoms with Gasteiger partial charge in [0, 0.05) is 61.4 Å². The molecule has 0 saturated carbocycles. The Bertz CT molecular complexity index is 1310. The third-order valence-corrected chi connectivity index (χ3v) is 8.24. The number of nitrogens with one attached hydrogen (secondary N) is 1. The smallest absolute Gasteiger partial charge is 0.259 e. The highest BCUT2D eigenvalue weighted by Gasteiger charge is 2.48. The molecule has 1 atom stereocenters. The molecule has 3 fully saturated rings. The Morgan fingerprint density at radius 2 is 1.65 bits per heavy atom. The number of hydrogen-bond donors (Lipinski definition) is 1. The lowest BCUT2D eigenvalue weighted by Crippen LogP contribution is -2.61. The van der Waals surface area contributed by atoms with E-state index in [9.17, 15) is 28.0 Å². The van der Waals surface area contributed by atoms with Crippen molar-refractivity contribution in [1.82, 2.24) is 15.1 Å². The summed E-state index contributed by atoms with van der Waals surface area (Å²) in [7, 11) is 0. The molecule has 2 aromatic carbocycles. The van der Waals surface area contributed by atoms with Gasteiger partial charge in [0.25, 0.3) is 11.8 Å². The van der Waals surface area contributed by atoms with Gasteiger partial charge >= 0.3 is 0 Å². The predicted octanol–water partition coefficient (Wildman–Crippen LogP) is 2.47. The summed E-state index contributed by atoms with van der Waals surface area (Å²) in [5, 5.41) is 2.33. The number of nitrogens with zero attached hydrogens (tertiary/aromatic N) is 3. The van der Waals surface area contributed by atoms with E-state index in [1.54, 1.807) is 11.0 Å². The molecule has 6 rings (SSSR count). The molecule has 0 aliphatic carbocycles. The SMILES string of the molecule is O=C1CCC(N2Cc3c(cccc3N3CC4(CCN(C(=O)c5c(F)cccc5F)CC4)C3)C2=O)C(=O)N1. The maximum Gasteiger partial charge on any atom is 0.259 e. The first-order chi connectivity index (χ1) is 17.8. The van der Waals surface area contributed by atoms with E-state index in [1.165, 1.54) is 11.0 Å². The number of piperidine rings is 2. The van der Waals surface area contributed by atoms with Crippen molar-refractivity contribution in [1.29, 1.82) is 0 Å². The fraction of sp³-hybridized carbons (Fsp3) is 0.407. The van der Waals surface area contributed by atoms with Gasteiger partial charge in [-0.05, 0) is 43.5 Å². The third kappa shape index (κ3) is 3.86. The first-order valence-corrected chi connectivity index (χ1v) is 12.5. The molecular formula is C27H26F2N4O4. The van der Waals surface area contributed by atoms with Crippen LogP contribution in [-0.4, -0.2) is 65.6 Å². The van der Waals surface area contributed by atoms with Crippen molar-refractivity contribution in [3.8, 4) is 0 Å². The van der Waals surface area contributed by atoms with Crippen LogP contribution < -0.4 is 10.2 Å². The molecule has 4 heterocycles. The van der Waals surface area contributed by atoms with E-state index in [-0.39, 0.29) is 23.7 Å². The lowest BCUT2D eigenvalue weighted by molar-refractivity contribution is -0.136. The van der Waals surface area contributed by atoms with Crippen LogP contribution >= 0.6 is 0 Å². The Hall–Kier alpha value is -3.82. The summed E-state index contributed by atoms with van der Waals surface area (Å²) in [5.74, 6) is -3.26. The molecule has 1 spiro atoms. The molecule has 0 radical (unpaired) electrons. The molecule has 37 heavy (non-hydrogen) atoms. The van der Waals surface area contributed by atoms with Gasteiger partial charge in [-0.3, -0.25) is 24.5 Å². The van der Waals surface area contributed by atoms with Crippen molar-refractivity contribution in [2.75, 3.05) is 31.1 Å². The molecule has 0 bridgehead atoms. The Balaban J connectivity index is 1.12. The van der Waals surface area contributed by atoms with Crippen LogP contribution in [0.4, 0.5) is 14.5 Å². The number of halogens is 2. The van der Waals surface area contributed by atoms with Crippen LogP contribution in [-0.2, 0) is 16.1 Å². The van der Waals surface area contributed by atoms with Gasteiger partial charge in [-0.1, -0.05) is 12.1 Å². The van der Waals surface area contributed by atoms with Gasteiger partial charge in [-0.15, -0.1) is 0 Å². The third-order valence-electron chi connectivity index (χ3n) is 8.24. The zero-order valence-electron chi connectivity index (χ0n) is 20.1. The second-order valence-electron chi connectivity index (χ2n) is 10.4. The van der Waals surface area contributed by atoms with Crippen molar-refractivity contribution >= 4 is 29.3 Å². The van der Waals surface area contributed by atoms with Gasteiger partial charge < -0.3 is 14.7 Å². The maximum atomic E-state index is 14.1. The number of rotatable bonds is 3. The van der Waals surface area contributed by atoms with Crippen molar-refractivity contribution < 1.29 is 28.0 Å².